The van der Waals surface area contributed by atoms with Crippen molar-refractivity contribution in [1.82, 2.24) is 0 Å². The lowest BCUT2D eigenvalue weighted by Crippen LogP contribution is -2.32. The third kappa shape index (κ3) is 4.30. The molecular weight excluding hydrogens is 348 g/mol. The van der Waals surface area contributed by atoms with Gasteiger partial charge in [0, 0.05) is 20.1 Å². The third-order valence-electron chi connectivity index (χ3n) is 4.96. The first-order chi connectivity index (χ1) is 12.0. The van der Waals surface area contributed by atoms with Crippen LogP contribution in [-0.2, 0) is 10.8 Å². The summed E-state index contributed by atoms with van der Waals surface area (Å²) in [5.74, 6) is 0. The van der Waals surface area contributed by atoms with Crippen molar-refractivity contribution in [2.45, 2.75) is 57.5 Å². The van der Waals surface area contributed by atoms with Crippen LogP contribution in [0.1, 0.15) is 56.1 Å². The highest BCUT2D eigenvalue weighted by molar-refractivity contribution is 7.89. The predicted molar refractivity (Wildman–Crippen MR) is 108 cm³/mol. The second-order valence-electron chi connectivity index (χ2n) is 6.54. The molecule has 1 aromatic carbocycles. The van der Waals surface area contributed by atoms with Crippen LogP contribution >= 0.6 is 11.3 Å². The van der Waals surface area contributed by atoms with E-state index in [-0.39, 0.29) is 0 Å². The Bertz CT molecular complexity index is 704. The van der Waals surface area contributed by atoms with E-state index in [1.807, 2.05) is 48.7 Å². The van der Waals surface area contributed by atoms with Crippen LogP contribution in [0.15, 0.2) is 58.2 Å². The lowest BCUT2D eigenvalue weighted by atomic mass is 9.74. The van der Waals surface area contributed by atoms with Gasteiger partial charge in [-0.2, -0.15) is 0 Å². The summed E-state index contributed by atoms with van der Waals surface area (Å²) in [5.41, 5.74) is 0.564. The Labute approximate surface area is 158 Å². The number of benzene rings is 1. The summed E-state index contributed by atoms with van der Waals surface area (Å²) in [7, 11) is -1.34. The molecule has 0 saturated carbocycles. The predicted octanol–water partition coefficient (Wildman–Crippen LogP) is 6.00. The largest absolute Gasteiger partial charge is 0.387 e. The Balaban J connectivity index is 2.40. The molecule has 25 heavy (non-hydrogen) atoms. The Morgan fingerprint density at radius 3 is 2.48 bits per heavy atom. The van der Waals surface area contributed by atoms with E-state index in [1.54, 1.807) is 11.3 Å². The summed E-state index contributed by atoms with van der Waals surface area (Å²) in [4.78, 5) is 2.30. The second-order valence-corrected chi connectivity index (χ2v) is 9.02. The first-order valence-electron chi connectivity index (χ1n) is 8.85. The van der Waals surface area contributed by atoms with Crippen LogP contribution in [0.25, 0.3) is 0 Å². The SMILES string of the molecule is C=C([S@@](=O)c1ccc(C)cc1)[C@](CC)(CCCC)[C@H](O)c1cccs1. The van der Waals surface area contributed by atoms with E-state index in [0.717, 1.165) is 34.6 Å². The van der Waals surface area contributed by atoms with E-state index in [0.29, 0.717) is 11.3 Å². The molecule has 1 aromatic heterocycles. The van der Waals surface area contributed by atoms with Gasteiger partial charge in [-0.05, 0) is 43.3 Å². The highest BCUT2D eigenvalue weighted by atomic mass is 32.2. The molecule has 1 heterocycles. The molecule has 0 spiro atoms. The number of unbranched alkanes of at least 4 members (excludes halogenated alkanes) is 1. The average Bonchev–Trinajstić information content (AvgIpc) is 3.16. The van der Waals surface area contributed by atoms with Crippen molar-refractivity contribution < 1.29 is 9.32 Å². The topological polar surface area (TPSA) is 37.3 Å². The number of rotatable bonds is 9. The molecule has 0 saturated heterocycles. The number of thiophene rings is 1. The molecule has 0 amide bonds. The van der Waals surface area contributed by atoms with Crippen molar-refractivity contribution in [3.63, 3.8) is 0 Å². The number of hydrogen-bond acceptors (Lipinski definition) is 3. The first-order valence-corrected chi connectivity index (χ1v) is 10.9. The zero-order chi connectivity index (χ0) is 18.4. The molecule has 0 aliphatic carbocycles. The summed E-state index contributed by atoms with van der Waals surface area (Å²) < 4.78 is 13.2. The first kappa shape index (κ1) is 20.1. The van der Waals surface area contributed by atoms with Gasteiger partial charge in [0.1, 0.15) is 0 Å². The number of hydrogen-bond donors (Lipinski definition) is 1. The molecule has 1 N–H and O–H groups in total. The fourth-order valence-corrected chi connectivity index (χ4v) is 5.42. The molecule has 0 fully saturated rings. The summed E-state index contributed by atoms with van der Waals surface area (Å²) in [5, 5.41) is 13.1. The smallest absolute Gasteiger partial charge is 0.0983 e. The molecule has 3 atom stereocenters. The summed E-state index contributed by atoms with van der Waals surface area (Å²) in [6.07, 6.45) is 2.83. The quantitative estimate of drug-likeness (QED) is 0.583. The van der Waals surface area contributed by atoms with Crippen LogP contribution in [0.3, 0.4) is 0 Å². The second kappa shape index (κ2) is 8.93. The van der Waals surface area contributed by atoms with Crippen LogP contribution in [0.5, 0.6) is 0 Å². The van der Waals surface area contributed by atoms with Crippen LogP contribution < -0.4 is 0 Å². The molecule has 0 aliphatic rings. The molecule has 0 unspecified atom stereocenters. The Morgan fingerprint density at radius 2 is 1.96 bits per heavy atom. The maximum Gasteiger partial charge on any atom is 0.0983 e. The number of aliphatic hydroxyl groups excluding tert-OH is 1. The van der Waals surface area contributed by atoms with Crippen molar-refractivity contribution in [3.05, 3.63) is 63.7 Å². The van der Waals surface area contributed by atoms with Crippen LogP contribution in [0.2, 0.25) is 0 Å². The minimum atomic E-state index is -1.34. The fraction of sp³-hybridized carbons (Fsp3) is 0.429. The van der Waals surface area contributed by atoms with Gasteiger partial charge in [0.25, 0.3) is 0 Å². The normalized spacial score (nSPS) is 16.2. The zero-order valence-corrected chi connectivity index (χ0v) is 17.0. The number of aryl methyl sites for hydroxylation is 1. The van der Waals surface area contributed by atoms with E-state index in [1.165, 1.54) is 0 Å². The minimum absolute atomic E-state index is 0.573. The van der Waals surface area contributed by atoms with Crippen molar-refractivity contribution >= 4 is 22.1 Å². The van der Waals surface area contributed by atoms with E-state index in [9.17, 15) is 9.32 Å². The van der Waals surface area contributed by atoms with Gasteiger partial charge in [-0.1, -0.05) is 57.0 Å². The minimum Gasteiger partial charge on any atom is -0.387 e. The Morgan fingerprint density at radius 1 is 1.28 bits per heavy atom. The summed E-state index contributed by atoms with van der Waals surface area (Å²) in [6, 6.07) is 11.6. The molecule has 2 aromatic rings. The van der Waals surface area contributed by atoms with Gasteiger partial charge in [0.2, 0.25) is 0 Å². The molecule has 0 aliphatic heterocycles. The lowest BCUT2D eigenvalue weighted by Gasteiger charge is -2.38. The summed E-state index contributed by atoms with van der Waals surface area (Å²) >= 11 is 1.54. The zero-order valence-electron chi connectivity index (χ0n) is 15.3. The molecule has 0 radical (unpaired) electrons. The van der Waals surface area contributed by atoms with Gasteiger partial charge in [-0.3, -0.25) is 0 Å². The molecule has 2 nitrogen and oxygen atoms in total. The standard InChI is InChI=1S/C21H28O2S2/c1-5-7-14-21(6-2,20(22)19-9-8-15-24-19)17(4)25(23)18-12-10-16(3)11-13-18/h8-13,15,20,22H,4-7,14H2,1-3H3/t20-,21+,25-/m1/s1. The van der Waals surface area contributed by atoms with Gasteiger partial charge in [-0.25, -0.2) is 4.21 Å². The van der Waals surface area contributed by atoms with Crippen molar-refractivity contribution in [3.8, 4) is 0 Å². The molecule has 2 rings (SSSR count). The number of aliphatic hydroxyl groups is 1. The van der Waals surface area contributed by atoms with Gasteiger partial charge in [0.05, 0.1) is 16.9 Å². The molecular formula is C21H28O2S2. The Hall–Kier alpha value is -1.23. The van der Waals surface area contributed by atoms with Gasteiger partial charge in [-0.15, -0.1) is 11.3 Å². The van der Waals surface area contributed by atoms with E-state index in [4.69, 9.17) is 0 Å². The van der Waals surface area contributed by atoms with Crippen molar-refractivity contribution in [2.75, 3.05) is 0 Å². The van der Waals surface area contributed by atoms with E-state index in [2.05, 4.69) is 20.4 Å². The van der Waals surface area contributed by atoms with Gasteiger partial charge in [0.15, 0.2) is 0 Å². The van der Waals surface area contributed by atoms with Crippen molar-refractivity contribution in [2.24, 2.45) is 5.41 Å². The molecule has 4 heteroatoms. The maximum atomic E-state index is 13.2. The molecule has 136 valence electrons. The van der Waals surface area contributed by atoms with Crippen molar-refractivity contribution in [1.29, 1.82) is 0 Å². The summed E-state index contributed by atoms with van der Waals surface area (Å²) in [6.45, 7) is 10.4. The van der Waals surface area contributed by atoms with E-state index >= 15 is 0 Å². The fourth-order valence-electron chi connectivity index (χ4n) is 3.20. The van der Waals surface area contributed by atoms with Crippen LogP contribution in [0, 0.1) is 12.3 Å². The highest BCUT2D eigenvalue weighted by Gasteiger charge is 2.42. The third-order valence-corrected chi connectivity index (χ3v) is 7.44. The Kier molecular flexibility index (Phi) is 7.17. The van der Waals surface area contributed by atoms with Gasteiger partial charge >= 0.3 is 0 Å². The maximum absolute atomic E-state index is 13.2. The van der Waals surface area contributed by atoms with Gasteiger partial charge < -0.3 is 5.11 Å². The van der Waals surface area contributed by atoms with Crippen LogP contribution in [-0.4, -0.2) is 9.32 Å². The average molecular weight is 377 g/mol. The van der Waals surface area contributed by atoms with Crippen LogP contribution in [0.4, 0.5) is 0 Å². The molecule has 0 bridgehead atoms. The highest BCUT2D eigenvalue weighted by Crippen LogP contribution is 2.49. The lowest BCUT2D eigenvalue weighted by molar-refractivity contribution is 0.0464. The van der Waals surface area contributed by atoms with E-state index < -0.39 is 22.3 Å². The monoisotopic (exact) mass is 376 g/mol.